The van der Waals surface area contributed by atoms with Crippen LogP contribution in [0.15, 0.2) is 16.9 Å². The van der Waals surface area contributed by atoms with Crippen LogP contribution in [-0.2, 0) is 9.84 Å². The normalized spacial score (nSPS) is 21.4. The number of azide groups is 1. The van der Waals surface area contributed by atoms with Crippen molar-refractivity contribution in [2.75, 3.05) is 11.5 Å². The van der Waals surface area contributed by atoms with E-state index in [0.29, 0.717) is 5.70 Å². The topological polar surface area (TPSA) is 82.9 Å². The molecule has 1 rings (SSSR count). The first-order chi connectivity index (χ1) is 4.64. The number of rotatable bonds is 1. The van der Waals surface area contributed by atoms with Gasteiger partial charge in [-0.3, -0.25) is 0 Å². The van der Waals surface area contributed by atoms with Crippen molar-refractivity contribution in [3.8, 4) is 0 Å². The minimum Gasteiger partial charge on any atom is -0.228 e. The third kappa shape index (κ3) is 1.49. The summed E-state index contributed by atoms with van der Waals surface area (Å²) < 4.78 is 21.4. The first-order valence-corrected chi connectivity index (χ1v) is 4.41. The fourth-order valence-corrected chi connectivity index (χ4v) is 1.88. The molecule has 0 radical (unpaired) electrons. The van der Waals surface area contributed by atoms with E-state index in [1.165, 1.54) is 6.08 Å². The third-order valence-electron chi connectivity index (χ3n) is 1.11. The van der Waals surface area contributed by atoms with Gasteiger partial charge in [-0.25, -0.2) is 8.42 Å². The first-order valence-electron chi connectivity index (χ1n) is 2.58. The lowest BCUT2D eigenvalue weighted by atomic mass is 10.5. The Bertz CT molecular complexity index is 309. The van der Waals surface area contributed by atoms with Crippen molar-refractivity contribution in [1.29, 1.82) is 0 Å². The molecular weight excluding hydrogens is 154 g/mol. The monoisotopic (exact) mass is 159 g/mol. The molecule has 6 heteroatoms. The molecule has 10 heavy (non-hydrogen) atoms. The standard InChI is InChI=1S/C4H5N3O2S/c5-7-6-4-1-2-10(8,9)3-4/h1H,2-3H2. The minimum atomic E-state index is -2.98. The highest BCUT2D eigenvalue weighted by Crippen LogP contribution is 2.11. The van der Waals surface area contributed by atoms with Gasteiger partial charge >= 0.3 is 0 Å². The summed E-state index contributed by atoms with van der Waals surface area (Å²) in [5.74, 6) is -0.113. The quantitative estimate of drug-likeness (QED) is 0.319. The second-order valence-electron chi connectivity index (χ2n) is 1.94. The molecule has 0 spiro atoms. The average Bonchev–Trinajstić information content (AvgIpc) is 2.12. The van der Waals surface area contributed by atoms with E-state index >= 15 is 0 Å². The van der Waals surface area contributed by atoms with Crippen molar-refractivity contribution < 1.29 is 8.42 Å². The molecule has 0 saturated carbocycles. The minimum absolute atomic E-state index is 0.00134. The molecule has 0 aromatic rings. The van der Waals surface area contributed by atoms with Gasteiger partial charge in [0.2, 0.25) is 0 Å². The van der Waals surface area contributed by atoms with Crippen LogP contribution >= 0.6 is 0 Å². The SMILES string of the molecule is [N-]=[N+]=NC1=CCS(=O)(=O)C1. The predicted molar refractivity (Wildman–Crippen MR) is 35.9 cm³/mol. The molecule has 1 heterocycles. The van der Waals surface area contributed by atoms with Crippen LogP contribution in [-0.4, -0.2) is 19.9 Å². The third-order valence-corrected chi connectivity index (χ3v) is 2.52. The van der Waals surface area contributed by atoms with Crippen LogP contribution in [0, 0.1) is 0 Å². The summed E-state index contributed by atoms with van der Waals surface area (Å²) in [5.41, 5.74) is 8.23. The molecule has 0 N–H and O–H groups in total. The van der Waals surface area contributed by atoms with Crippen LogP contribution in [0.1, 0.15) is 0 Å². The Kier molecular flexibility index (Phi) is 1.65. The predicted octanol–water partition coefficient (Wildman–Crippen LogP) is 0.609. The molecule has 1 aliphatic heterocycles. The molecule has 0 unspecified atom stereocenters. The van der Waals surface area contributed by atoms with Crippen LogP contribution in [0.4, 0.5) is 0 Å². The molecule has 0 fully saturated rings. The van der Waals surface area contributed by atoms with Gasteiger partial charge in [-0.2, -0.15) is 0 Å². The maximum Gasteiger partial charge on any atom is 0.157 e. The summed E-state index contributed by atoms with van der Waals surface area (Å²) in [6, 6.07) is 0. The summed E-state index contributed by atoms with van der Waals surface area (Å²) in [6.07, 6.45) is 1.43. The van der Waals surface area contributed by atoms with E-state index in [4.69, 9.17) is 5.53 Å². The van der Waals surface area contributed by atoms with Crippen molar-refractivity contribution in [2.24, 2.45) is 5.11 Å². The smallest absolute Gasteiger partial charge is 0.157 e. The number of sulfone groups is 1. The highest BCUT2D eigenvalue weighted by molar-refractivity contribution is 7.92. The largest absolute Gasteiger partial charge is 0.228 e. The van der Waals surface area contributed by atoms with Gasteiger partial charge in [0.05, 0.1) is 11.5 Å². The van der Waals surface area contributed by atoms with E-state index in [9.17, 15) is 8.42 Å². The van der Waals surface area contributed by atoms with Gasteiger partial charge in [0.1, 0.15) is 0 Å². The van der Waals surface area contributed by atoms with E-state index in [1.54, 1.807) is 0 Å². The van der Waals surface area contributed by atoms with Crippen LogP contribution in [0.3, 0.4) is 0 Å². The van der Waals surface area contributed by atoms with Crippen molar-refractivity contribution in [1.82, 2.24) is 0 Å². The lowest BCUT2D eigenvalue weighted by Gasteiger charge is -1.86. The maximum atomic E-state index is 10.7. The zero-order valence-electron chi connectivity index (χ0n) is 5.06. The second-order valence-corrected chi connectivity index (χ2v) is 4.05. The van der Waals surface area contributed by atoms with Crippen LogP contribution in [0.5, 0.6) is 0 Å². The van der Waals surface area contributed by atoms with Crippen molar-refractivity contribution in [2.45, 2.75) is 0 Å². The molecule has 5 nitrogen and oxygen atoms in total. The summed E-state index contributed by atoms with van der Waals surface area (Å²) in [5, 5.41) is 3.18. The fraction of sp³-hybridized carbons (Fsp3) is 0.500. The molecule has 0 atom stereocenters. The van der Waals surface area contributed by atoms with E-state index in [0.717, 1.165) is 0 Å². The summed E-state index contributed by atoms with van der Waals surface area (Å²) in [7, 11) is -2.98. The zero-order chi connectivity index (χ0) is 7.61. The van der Waals surface area contributed by atoms with Gasteiger partial charge < -0.3 is 0 Å². The van der Waals surface area contributed by atoms with E-state index < -0.39 is 9.84 Å². The molecular formula is C4H5N3O2S. The summed E-state index contributed by atoms with van der Waals surface area (Å²) >= 11 is 0. The van der Waals surface area contributed by atoms with Gasteiger partial charge in [-0.05, 0) is 5.53 Å². The van der Waals surface area contributed by atoms with E-state index in [2.05, 4.69) is 10.0 Å². The van der Waals surface area contributed by atoms with Crippen molar-refractivity contribution in [3.05, 3.63) is 22.2 Å². The highest BCUT2D eigenvalue weighted by Gasteiger charge is 2.17. The molecule has 0 aromatic carbocycles. The average molecular weight is 159 g/mol. The van der Waals surface area contributed by atoms with Crippen LogP contribution in [0.2, 0.25) is 0 Å². The van der Waals surface area contributed by atoms with Gasteiger partial charge in [0.15, 0.2) is 9.84 Å². The van der Waals surface area contributed by atoms with Crippen LogP contribution in [0.25, 0.3) is 10.4 Å². The van der Waals surface area contributed by atoms with Gasteiger partial charge in [0, 0.05) is 10.6 Å². The Labute approximate surface area is 57.9 Å². The number of hydrogen-bond donors (Lipinski definition) is 0. The van der Waals surface area contributed by atoms with Gasteiger partial charge in [0.25, 0.3) is 0 Å². The van der Waals surface area contributed by atoms with Crippen LogP contribution < -0.4 is 0 Å². The van der Waals surface area contributed by atoms with E-state index in [1.807, 2.05) is 0 Å². The maximum absolute atomic E-state index is 10.7. The molecule has 54 valence electrons. The fourth-order valence-electron chi connectivity index (χ4n) is 0.693. The van der Waals surface area contributed by atoms with Gasteiger partial charge in [-0.15, -0.1) is 0 Å². The molecule has 0 saturated heterocycles. The molecule has 0 amide bonds. The summed E-state index contributed by atoms with van der Waals surface area (Å²) in [6.45, 7) is 0. The zero-order valence-corrected chi connectivity index (χ0v) is 5.87. The lowest BCUT2D eigenvalue weighted by Crippen LogP contribution is -2.01. The van der Waals surface area contributed by atoms with Crippen molar-refractivity contribution >= 4 is 9.84 Å². The van der Waals surface area contributed by atoms with Crippen molar-refractivity contribution in [3.63, 3.8) is 0 Å². The number of nitrogens with zero attached hydrogens (tertiary/aromatic N) is 3. The Balaban J connectivity index is 2.82. The Morgan fingerprint density at radius 1 is 1.70 bits per heavy atom. The lowest BCUT2D eigenvalue weighted by molar-refractivity contribution is 0.603. The Hall–Kier alpha value is -1.00. The van der Waals surface area contributed by atoms with Gasteiger partial charge in [-0.1, -0.05) is 11.2 Å². The molecule has 0 aliphatic carbocycles. The molecule has 1 aliphatic rings. The number of hydrogen-bond acceptors (Lipinski definition) is 3. The Morgan fingerprint density at radius 2 is 2.40 bits per heavy atom. The second kappa shape index (κ2) is 2.32. The summed E-state index contributed by atoms with van der Waals surface area (Å²) in [4.78, 5) is 2.48. The van der Waals surface area contributed by atoms with E-state index in [-0.39, 0.29) is 11.5 Å². The first kappa shape index (κ1) is 7.11. The molecule has 0 bridgehead atoms. The highest BCUT2D eigenvalue weighted by atomic mass is 32.2. The Morgan fingerprint density at radius 3 is 2.80 bits per heavy atom. The molecule has 0 aromatic heterocycles.